The van der Waals surface area contributed by atoms with Gasteiger partial charge in [-0.2, -0.15) is 0 Å². The predicted octanol–water partition coefficient (Wildman–Crippen LogP) is 2.35. The van der Waals surface area contributed by atoms with Gasteiger partial charge in [0.15, 0.2) is 0 Å². The number of benzene rings is 1. The molecule has 88 valence electrons. The molecule has 0 aliphatic rings. The summed E-state index contributed by atoms with van der Waals surface area (Å²) in [6, 6.07) is 5.58. The maximum absolute atomic E-state index is 11.7. The van der Waals surface area contributed by atoms with Crippen molar-refractivity contribution in [1.29, 1.82) is 0 Å². The Labute approximate surface area is 118 Å². The normalized spacial score (nSPS) is 10.6. The van der Waals surface area contributed by atoms with Gasteiger partial charge in [0.2, 0.25) is 0 Å². The van der Waals surface area contributed by atoms with E-state index in [1.54, 1.807) is 0 Å². The van der Waals surface area contributed by atoms with Crippen molar-refractivity contribution >= 4 is 44.4 Å². The lowest BCUT2D eigenvalue weighted by Gasteiger charge is -2.10. The molecule has 1 rings (SSSR count). The minimum absolute atomic E-state index is 0.0210. The summed E-state index contributed by atoms with van der Waals surface area (Å²) >= 11 is 5.60. The Morgan fingerprint density at radius 2 is 2.19 bits per heavy atom. The van der Waals surface area contributed by atoms with Gasteiger partial charge in [0.1, 0.15) is 0 Å². The van der Waals surface area contributed by atoms with Crippen molar-refractivity contribution in [3.8, 4) is 0 Å². The fourth-order valence-electron chi connectivity index (χ4n) is 1.13. The first kappa shape index (κ1) is 13.9. The lowest BCUT2D eigenvalue weighted by atomic mass is 10.2. The predicted molar refractivity (Wildman–Crippen MR) is 77.7 cm³/mol. The van der Waals surface area contributed by atoms with Crippen LogP contribution in [-0.4, -0.2) is 38.0 Å². The quantitative estimate of drug-likeness (QED) is 0.792. The summed E-state index contributed by atoms with van der Waals surface area (Å²) in [6.45, 7) is 1.51. The molecule has 1 aromatic rings. The second-order valence-electron chi connectivity index (χ2n) is 3.69. The lowest BCUT2D eigenvalue weighted by molar-refractivity contribution is 0.0951. The van der Waals surface area contributed by atoms with Gasteiger partial charge in [0.25, 0.3) is 5.91 Å². The molecule has 1 amide bonds. The molecule has 0 saturated carbocycles. The second-order valence-corrected chi connectivity index (χ2v) is 5.70. The largest absolute Gasteiger partial charge is 0.351 e. The third kappa shape index (κ3) is 4.39. The highest BCUT2D eigenvalue weighted by molar-refractivity contribution is 14.1. The average molecular weight is 397 g/mol. The van der Waals surface area contributed by atoms with Gasteiger partial charge in [0, 0.05) is 26.7 Å². The summed E-state index contributed by atoms with van der Waals surface area (Å²) in [6.07, 6.45) is 0. The fourth-order valence-corrected chi connectivity index (χ4v) is 1.89. The van der Waals surface area contributed by atoms with Gasteiger partial charge in [-0.05, 0) is 70.8 Å². The van der Waals surface area contributed by atoms with Crippen molar-refractivity contribution in [2.75, 3.05) is 27.2 Å². The SMILES string of the molecule is CN(C)CCNC(=O)c1ccc(Br)c(I)c1. The third-order valence-electron chi connectivity index (χ3n) is 2.03. The summed E-state index contributed by atoms with van der Waals surface area (Å²) < 4.78 is 2.05. The molecule has 16 heavy (non-hydrogen) atoms. The van der Waals surface area contributed by atoms with Crippen molar-refractivity contribution in [2.45, 2.75) is 0 Å². The molecule has 0 unspecified atom stereocenters. The first-order valence-electron chi connectivity index (χ1n) is 4.88. The van der Waals surface area contributed by atoms with Gasteiger partial charge < -0.3 is 10.2 Å². The molecule has 0 aromatic heterocycles. The van der Waals surface area contributed by atoms with Crippen molar-refractivity contribution in [3.05, 3.63) is 31.8 Å². The van der Waals surface area contributed by atoms with Crippen molar-refractivity contribution < 1.29 is 4.79 Å². The van der Waals surface area contributed by atoms with Gasteiger partial charge >= 0.3 is 0 Å². The van der Waals surface area contributed by atoms with Gasteiger partial charge in [-0.15, -0.1) is 0 Å². The molecular formula is C11H14BrIN2O. The van der Waals surface area contributed by atoms with Crippen LogP contribution in [0.2, 0.25) is 0 Å². The van der Waals surface area contributed by atoms with Gasteiger partial charge in [-0.3, -0.25) is 4.79 Å². The van der Waals surface area contributed by atoms with E-state index < -0.39 is 0 Å². The standard InChI is InChI=1S/C11H14BrIN2O/c1-15(2)6-5-14-11(16)8-3-4-9(12)10(13)7-8/h3-4,7H,5-6H2,1-2H3,(H,14,16). The zero-order valence-corrected chi connectivity index (χ0v) is 13.0. The highest BCUT2D eigenvalue weighted by Crippen LogP contribution is 2.19. The molecular weight excluding hydrogens is 383 g/mol. The lowest BCUT2D eigenvalue weighted by Crippen LogP contribution is -2.31. The van der Waals surface area contributed by atoms with Gasteiger partial charge in [-0.1, -0.05) is 0 Å². The Morgan fingerprint density at radius 1 is 1.50 bits per heavy atom. The third-order valence-corrected chi connectivity index (χ3v) is 4.35. The molecule has 0 saturated heterocycles. The van der Waals surface area contributed by atoms with Crippen LogP contribution in [0.25, 0.3) is 0 Å². The summed E-state index contributed by atoms with van der Waals surface area (Å²) in [5.74, 6) is -0.0210. The molecule has 1 N–H and O–H groups in total. The Morgan fingerprint density at radius 3 is 2.75 bits per heavy atom. The molecule has 3 nitrogen and oxygen atoms in total. The summed E-state index contributed by atoms with van der Waals surface area (Å²) in [5.41, 5.74) is 0.700. The number of nitrogens with zero attached hydrogens (tertiary/aromatic N) is 1. The summed E-state index contributed by atoms with van der Waals surface area (Å²) in [7, 11) is 3.96. The molecule has 0 atom stereocenters. The zero-order valence-electron chi connectivity index (χ0n) is 9.26. The Balaban J connectivity index is 2.56. The fraction of sp³-hybridized carbons (Fsp3) is 0.364. The van der Waals surface area contributed by atoms with Crippen LogP contribution >= 0.6 is 38.5 Å². The number of halogens is 2. The molecule has 0 spiro atoms. The second kappa shape index (κ2) is 6.56. The van der Waals surface area contributed by atoms with Crippen molar-refractivity contribution in [2.24, 2.45) is 0 Å². The van der Waals surface area contributed by atoms with E-state index in [0.717, 1.165) is 14.6 Å². The average Bonchev–Trinajstić information content (AvgIpc) is 2.21. The van der Waals surface area contributed by atoms with Crippen LogP contribution in [0, 0.1) is 3.57 Å². The molecule has 0 heterocycles. The van der Waals surface area contributed by atoms with E-state index in [1.807, 2.05) is 37.2 Å². The van der Waals surface area contributed by atoms with Crippen molar-refractivity contribution in [1.82, 2.24) is 10.2 Å². The number of hydrogen-bond donors (Lipinski definition) is 1. The summed E-state index contributed by atoms with van der Waals surface area (Å²) in [5, 5.41) is 2.88. The topological polar surface area (TPSA) is 32.3 Å². The molecule has 0 bridgehead atoms. The van der Waals surface area contributed by atoms with E-state index in [-0.39, 0.29) is 5.91 Å². The Hall–Kier alpha value is -0.140. The van der Waals surface area contributed by atoms with E-state index in [0.29, 0.717) is 12.1 Å². The summed E-state index contributed by atoms with van der Waals surface area (Å²) in [4.78, 5) is 13.8. The first-order valence-corrected chi connectivity index (χ1v) is 6.76. The molecule has 0 aliphatic carbocycles. The van der Waals surface area contributed by atoms with Crippen LogP contribution < -0.4 is 5.32 Å². The van der Waals surface area contributed by atoms with Crippen LogP contribution in [0.3, 0.4) is 0 Å². The first-order chi connectivity index (χ1) is 7.50. The van der Waals surface area contributed by atoms with Gasteiger partial charge in [0.05, 0.1) is 0 Å². The maximum atomic E-state index is 11.7. The minimum Gasteiger partial charge on any atom is -0.351 e. The maximum Gasteiger partial charge on any atom is 0.251 e. The van der Waals surface area contributed by atoms with Crippen LogP contribution in [0.4, 0.5) is 0 Å². The van der Waals surface area contributed by atoms with Gasteiger partial charge in [-0.25, -0.2) is 0 Å². The number of nitrogens with one attached hydrogen (secondary N) is 1. The number of amides is 1. The highest BCUT2D eigenvalue weighted by atomic mass is 127. The zero-order chi connectivity index (χ0) is 12.1. The number of carbonyl (C=O) groups is 1. The number of carbonyl (C=O) groups excluding carboxylic acids is 1. The van der Waals surface area contributed by atoms with E-state index in [2.05, 4.69) is 43.8 Å². The molecule has 0 fully saturated rings. The Bertz CT molecular complexity index is 382. The molecule has 0 radical (unpaired) electrons. The smallest absolute Gasteiger partial charge is 0.251 e. The van der Waals surface area contributed by atoms with Crippen LogP contribution in [0.1, 0.15) is 10.4 Å². The molecule has 1 aromatic carbocycles. The van der Waals surface area contributed by atoms with Crippen LogP contribution in [0.5, 0.6) is 0 Å². The van der Waals surface area contributed by atoms with E-state index in [9.17, 15) is 4.79 Å². The number of likely N-dealkylation sites (N-methyl/N-ethyl adjacent to an activating group) is 1. The highest BCUT2D eigenvalue weighted by Gasteiger charge is 2.06. The Kier molecular flexibility index (Phi) is 5.71. The minimum atomic E-state index is -0.0210. The van der Waals surface area contributed by atoms with E-state index in [1.165, 1.54) is 0 Å². The van der Waals surface area contributed by atoms with E-state index >= 15 is 0 Å². The van der Waals surface area contributed by atoms with Crippen LogP contribution in [-0.2, 0) is 0 Å². The van der Waals surface area contributed by atoms with E-state index in [4.69, 9.17) is 0 Å². The number of hydrogen-bond acceptors (Lipinski definition) is 2. The van der Waals surface area contributed by atoms with Crippen molar-refractivity contribution in [3.63, 3.8) is 0 Å². The number of rotatable bonds is 4. The van der Waals surface area contributed by atoms with Crippen LogP contribution in [0.15, 0.2) is 22.7 Å². The molecule has 0 aliphatic heterocycles. The monoisotopic (exact) mass is 396 g/mol. The molecule has 5 heteroatoms.